The molecule has 0 aromatic rings. The quantitative estimate of drug-likeness (QED) is 0.435. The van der Waals surface area contributed by atoms with Crippen molar-refractivity contribution in [1.82, 2.24) is 0 Å². The highest BCUT2D eigenvalue weighted by molar-refractivity contribution is 5.81. The van der Waals surface area contributed by atoms with Crippen LogP contribution < -0.4 is 0 Å². The van der Waals surface area contributed by atoms with Crippen molar-refractivity contribution in [1.29, 1.82) is 0 Å². The second kappa shape index (κ2) is 5.24. The van der Waals surface area contributed by atoms with Crippen LogP contribution in [-0.2, 0) is 9.53 Å². The molecule has 106 valence electrons. The van der Waals surface area contributed by atoms with Gasteiger partial charge >= 0.3 is 12.1 Å². The van der Waals surface area contributed by atoms with Gasteiger partial charge < -0.3 is 4.74 Å². The van der Waals surface area contributed by atoms with Crippen LogP contribution in [0.25, 0.3) is 0 Å². The maximum absolute atomic E-state index is 13.7. The molecule has 0 spiro atoms. The van der Waals surface area contributed by atoms with Gasteiger partial charge in [0.15, 0.2) is 0 Å². The summed E-state index contributed by atoms with van der Waals surface area (Å²) in [5, 5.41) is 0. The second-order valence-electron chi connectivity index (χ2n) is 4.48. The molecule has 0 amide bonds. The molecule has 0 rings (SSSR count). The summed E-state index contributed by atoms with van der Waals surface area (Å²) in [6.45, 7) is 3.96. The summed E-state index contributed by atoms with van der Waals surface area (Å²) in [6, 6.07) is 0. The van der Waals surface area contributed by atoms with E-state index in [0.29, 0.717) is 13.8 Å². The van der Waals surface area contributed by atoms with Crippen molar-refractivity contribution >= 4 is 5.97 Å². The van der Waals surface area contributed by atoms with Crippen LogP contribution in [0.3, 0.4) is 0 Å². The van der Waals surface area contributed by atoms with Crippen molar-refractivity contribution < 1.29 is 31.5 Å². The van der Waals surface area contributed by atoms with E-state index in [0.717, 1.165) is 13.0 Å². The van der Waals surface area contributed by atoms with Gasteiger partial charge in [-0.15, -0.1) is 0 Å². The number of hydrogen-bond donors (Lipinski definition) is 0. The molecule has 0 saturated heterocycles. The highest BCUT2D eigenvalue weighted by atomic mass is 19.4. The van der Waals surface area contributed by atoms with E-state index in [1.54, 1.807) is 0 Å². The minimum atomic E-state index is -5.06. The molecule has 0 fully saturated rings. The van der Waals surface area contributed by atoms with Gasteiger partial charge in [-0.3, -0.25) is 0 Å². The van der Waals surface area contributed by atoms with Crippen LogP contribution in [0.2, 0.25) is 0 Å². The molecule has 0 aliphatic carbocycles. The highest BCUT2D eigenvalue weighted by Crippen LogP contribution is 2.51. The van der Waals surface area contributed by atoms with E-state index in [1.807, 2.05) is 0 Å². The Morgan fingerprint density at radius 1 is 1.28 bits per heavy atom. The molecule has 18 heavy (non-hydrogen) atoms. The van der Waals surface area contributed by atoms with E-state index < -0.39 is 36.0 Å². The fourth-order valence-corrected chi connectivity index (χ4v) is 1.18. The van der Waals surface area contributed by atoms with Crippen molar-refractivity contribution in [3.63, 3.8) is 0 Å². The Labute approximate surface area is 102 Å². The van der Waals surface area contributed by atoms with E-state index in [9.17, 15) is 26.7 Å². The first-order valence-corrected chi connectivity index (χ1v) is 5.11. The molecule has 7 heteroatoms. The van der Waals surface area contributed by atoms with Crippen molar-refractivity contribution in [2.75, 3.05) is 6.61 Å². The van der Waals surface area contributed by atoms with E-state index in [2.05, 4.69) is 11.3 Å². The SMILES string of the molecule is C=CC(=O)OCC(C)C(F)(F)C(C)(C)C(F)(F)F. The van der Waals surface area contributed by atoms with Crippen LogP contribution in [0, 0.1) is 11.3 Å². The lowest BCUT2D eigenvalue weighted by Gasteiger charge is -2.38. The third-order valence-electron chi connectivity index (χ3n) is 2.80. The zero-order valence-corrected chi connectivity index (χ0v) is 10.3. The first-order valence-electron chi connectivity index (χ1n) is 5.11. The fraction of sp³-hybridized carbons (Fsp3) is 0.727. The Balaban J connectivity index is 4.91. The first kappa shape index (κ1) is 16.9. The van der Waals surface area contributed by atoms with Crippen LogP contribution in [-0.4, -0.2) is 24.7 Å². The maximum Gasteiger partial charge on any atom is 0.399 e. The fourth-order valence-electron chi connectivity index (χ4n) is 1.18. The average molecular weight is 274 g/mol. The van der Waals surface area contributed by atoms with E-state index in [-0.39, 0.29) is 0 Å². The second-order valence-corrected chi connectivity index (χ2v) is 4.48. The molecule has 0 bridgehead atoms. The Morgan fingerprint density at radius 3 is 2.06 bits per heavy atom. The minimum absolute atomic E-state index is 0.415. The average Bonchev–Trinajstić information content (AvgIpc) is 2.23. The third kappa shape index (κ3) is 3.20. The molecule has 1 unspecified atom stereocenters. The monoisotopic (exact) mass is 274 g/mol. The van der Waals surface area contributed by atoms with Crippen LogP contribution in [0.1, 0.15) is 20.8 Å². The maximum atomic E-state index is 13.7. The van der Waals surface area contributed by atoms with E-state index >= 15 is 0 Å². The first-order chi connectivity index (χ1) is 7.88. The molecule has 0 N–H and O–H groups in total. The normalized spacial score (nSPS) is 15.1. The standard InChI is InChI=1S/C11H15F5O2/c1-5-8(17)18-6-7(2)10(12,13)9(3,4)11(14,15)16/h5,7H,1,6H2,2-4H3. The zero-order valence-electron chi connectivity index (χ0n) is 10.3. The molecule has 0 aromatic carbocycles. The third-order valence-corrected chi connectivity index (χ3v) is 2.80. The van der Waals surface area contributed by atoms with Gasteiger partial charge in [-0.25, -0.2) is 13.6 Å². The number of carbonyl (C=O) groups excluding carboxylic acids is 1. The molecular formula is C11H15F5O2. The van der Waals surface area contributed by atoms with Gasteiger partial charge in [-0.2, -0.15) is 13.2 Å². The molecule has 0 aromatic heterocycles. The lowest BCUT2D eigenvalue weighted by Crippen LogP contribution is -2.52. The number of rotatable bonds is 5. The summed E-state index contributed by atoms with van der Waals surface area (Å²) < 4.78 is 69.4. The van der Waals surface area contributed by atoms with Crippen molar-refractivity contribution in [2.45, 2.75) is 32.9 Å². The minimum Gasteiger partial charge on any atom is -0.462 e. The predicted octanol–water partition coefficient (Wildman–Crippen LogP) is 3.58. The summed E-state index contributed by atoms with van der Waals surface area (Å²) >= 11 is 0. The molecule has 0 saturated carbocycles. The number of hydrogen-bond acceptors (Lipinski definition) is 2. The van der Waals surface area contributed by atoms with Crippen LogP contribution >= 0.6 is 0 Å². The molecule has 0 heterocycles. The van der Waals surface area contributed by atoms with Crippen LogP contribution in [0.5, 0.6) is 0 Å². The van der Waals surface area contributed by atoms with Crippen LogP contribution in [0.4, 0.5) is 22.0 Å². The van der Waals surface area contributed by atoms with E-state index in [1.165, 1.54) is 0 Å². The Hall–Kier alpha value is -1.14. The molecular weight excluding hydrogens is 259 g/mol. The largest absolute Gasteiger partial charge is 0.462 e. The summed E-state index contributed by atoms with van der Waals surface area (Å²) in [6.07, 6.45) is -4.31. The van der Waals surface area contributed by atoms with Crippen molar-refractivity contribution in [3.05, 3.63) is 12.7 Å². The molecule has 0 radical (unpaired) electrons. The molecule has 2 nitrogen and oxygen atoms in total. The van der Waals surface area contributed by atoms with Gasteiger partial charge in [0.25, 0.3) is 5.92 Å². The highest BCUT2D eigenvalue weighted by Gasteiger charge is 2.64. The molecule has 0 aliphatic rings. The van der Waals surface area contributed by atoms with Gasteiger partial charge in [0.2, 0.25) is 0 Å². The lowest BCUT2D eigenvalue weighted by atomic mass is 9.78. The Kier molecular flexibility index (Phi) is 4.91. The number of esters is 1. The number of alkyl halides is 5. The number of halogens is 5. The van der Waals surface area contributed by atoms with Gasteiger partial charge in [0.1, 0.15) is 5.41 Å². The zero-order chi connectivity index (χ0) is 14.8. The Bertz CT molecular complexity index is 320. The van der Waals surface area contributed by atoms with Gasteiger partial charge in [0.05, 0.1) is 12.5 Å². The van der Waals surface area contributed by atoms with Crippen molar-refractivity contribution in [3.8, 4) is 0 Å². The number of carbonyl (C=O) groups is 1. The summed E-state index contributed by atoms with van der Waals surface area (Å²) in [5.41, 5.74) is -3.21. The predicted molar refractivity (Wildman–Crippen MR) is 55.1 cm³/mol. The summed E-state index contributed by atoms with van der Waals surface area (Å²) in [5.74, 6) is -6.78. The summed E-state index contributed by atoms with van der Waals surface area (Å²) in [7, 11) is 0. The van der Waals surface area contributed by atoms with E-state index in [4.69, 9.17) is 0 Å². The van der Waals surface area contributed by atoms with Gasteiger partial charge in [-0.05, 0) is 13.8 Å². The Morgan fingerprint density at radius 2 is 1.72 bits per heavy atom. The lowest BCUT2D eigenvalue weighted by molar-refractivity contribution is -0.300. The summed E-state index contributed by atoms with van der Waals surface area (Å²) in [4.78, 5) is 10.7. The van der Waals surface area contributed by atoms with Crippen LogP contribution in [0.15, 0.2) is 12.7 Å². The smallest absolute Gasteiger partial charge is 0.399 e. The topological polar surface area (TPSA) is 26.3 Å². The molecule has 0 aliphatic heterocycles. The van der Waals surface area contributed by atoms with Gasteiger partial charge in [0, 0.05) is 6.08 Å². The number of ether oxygens (including phenoxy) is 1. The van der Waals surface area contributed by atoms with Crippen molar-refractivity contribution in [2.24, 2.45) is 11.3 Å². The molecule has 1 atom stereocenters. The van der Waals surface area contributed by atoms with Gasteiger partial charge in [-0.1, -0.05) is 13.5 Å².